The second-order valence-electron chi connectivity index (χ2n) is 7.57. The van der Waals surface area contributed by atoms with Crippen molar-refractivity contribution in [2.75, 3.05) is 18.4 Å². The van der Waals surface area contributed by atoms with E-state index in [1.54, 1.807) is 17.9 Å². The average molecular weight is 390 g/mol. The molecule has 0 aliphatic carbocycles. The van der Waals surface area contributed by atoms with Crippen molar-refractivity contribution in [1.82, 2.24) is 4.90 Å². The Bertz CT molecular complexity index is 1070. The number of amides is 2. The monoisotopic (exact) mass is 390 g/mol. The van der Waals surface area contributed by atoms with Crippen molar-refractivity contribution >= 4 is 28.3 Å². The van der Waals surface area contributed by atoms with Gasteiger partial charge in [-0.3, -0.25) is 9.59 Å². The number of hydrogen-bond acceptors (Lipinski definition) is 2. The molecule has 0 radical (unpaired) electrons. The summed E-state index contributed by atoms with van der Waals surface area (Å²) in [6, 6.07) is 17.8. The highest BCUT2D eigenvalue weighted by Gasteiger charge is 2.29. The molecule has 3 aromatic rings. The Morgan fingerprint density at radius 3 is 2.69 bits per heavy atom. The van der Waals surface area contributed by atoms with Crippen LogP contribution < -0.4 is 5.32 Å². The van der Waals surface area contributed by atoms with E-state index < -0.39 is 0 Å². The van der Waals surface area contributed by atoms with E-state index in [-0.39, 0.29) is 23.5 Å². The fourth-order valence-corrected chi connectivity index (χ4v) is 3.96. The van der Waals surface area contributed by atoms with E-state index >= 15 is 0 Å². The van der Waals surface area contributed by atoms with Gasteiger partial charge in [0.05, 0.1) is 5.92 Å². The van der Waals surface area contributed by atoms with Crippen LogP contribution in [0.3, 0.4) is 0 Å². The Hall–Kier alpha value is -3.21. The summed E-state index contributed by atoms with van der Waals surface area (Å²) in [5.41, 5.74) is 1.95. The highest BCUT2D eigenvalue weighted by molar-refractivity contribution is 6.07. The van der Waals surface area contributed by atoms with Gasteiger partial charge in [-0.2, -0.15) is 0 Å². The van der Waals surface area contributed by atoms with Gasteiger partial charge in [-0.1, -0.05) is 36.4 Å². The lowest BCUT2D eigenvalue weighted by Gasteiger charge is -2.32. The molecule has 1 saturated heterocycles. The summed E-state index contributed by atoms with van der Waals surface area (Å²) in [6.45, 7) is 2.78. The second-order valence-corrected chi connectivity index (χ2v) is 7.57. The molecule has 1 N–H and O–H groups in total. The van der Waals surface area contributed by atoms with Gasteiger partial charge in [-0.15, -0.1) is 0 Å². The van der Waals surface area contributed by atoms with E-state index in [9.17, 15) is 14.0 Å². The lowest BCUT2D eigenvalue weighted by molar-refractivity contribution is -0.121. The molecule has 0 bridgehead atoms. The molecular weight excluding hydrogens is 367 g/mol. The lowest BCUT2D eigenvalue weighted by Crippen LogP contribution is -2.43. The van der Waals surface area contributed by atoms with Gasteiger partial charge in [-0.05, 0) is 60.4 Å². The van der Waals surface area contributed by atoms with Crippen LogP contribution in [0.5, 0.6) is 0 Å². The molecule has 148 valence electrons. The van der Waals surface area contributed by atoms with Gasteiger partial charge in [0.25, 0.3) is 5.91 Å². The summed E-state index contributed by atoms with van der Waals surface area (Å²) >= 11 is 0. The molecule has 4 nitrogen and oxygen atoms in total. The number of nitrogens with zero attached hydrogens (tertiary/aromatic N) is 1. The molecule has 2 amide bonds. The molecule has 1 aliphatic rings. The average Bonchev–Trinajstić information content (AvgIpc) is 2.75. The molecule has 1 fully saturated rings. The Balaban J connectivity index is 1.50. The summed E-state index contributed by atoms with van der Waals surface area (Å²) in [7, 11) is 0. The number of benzene rings is 3. The molecule has 0 spiro atoms. The zero-order chi connectivity index (χ0) is 20.4. The van der Waals surface area contributed by atoms with E-state index in [0.717, 1.165) is 23.6 Å². The highest BCUT2D eigenvalue weighted by atomic mass is 19.1. The van der Waals surface area contributed by atoms with Gasteiger partial charge in [-0.25, -0.2) is 4.39 Å². The van der Waals surface area contributed by atoms with Crippen LogP contribution in [0.25, 0.3) is 10.8 Å². The molecule has 4 rings (SSSR count). The van der Waals surface area contributed by atoms with Gasteiger partial charge in [0.1, 0.15) is 5.82 Å². The SMILES string of the molecule is Cc1cc(F)ccc1NC(=O)C1CCCN(C(=O)c2cccc3ccccc23)C1. The maximum atomic E-state index is 13.3. The zero-order valence-electron chi connectivity index (χ0n) is 16.3. The van der Waals surface area contributed by atoms with Gasteiger partial charge in [0.15, 0.2) is 0 Å². The number of rotatable bonds is 3. The zero-order valence-corrected chi connectivity index (χ0v) is 16.3. The number of aryl methyl sites for hydroxylation is 1. The van der Waals surface area contributed by atoms with Crippen LogP contribution in [0.2, 0.25) is 0 Å². The molecule has 5 heteroatoms. The van der Waals surface area contributed by atoms with Gasteiger partial charge in [0.2, 0.25) is 5.91 Å². The van der Waals surface area contributed by atoms with Crippen LogP contribution in [0.4, 0.5) is 10.1 Å². The van der Waals surface area contributed by atoms with Gasteiger partial charge >= 0.3 is 0 Å². The fraction of sp³-hybridized carbons (Fsp3) is 0.250. The number of anilines is 1. The van der Waals surface area contributed by atoms with Crippen LogP contribution in [-0.2, 0) is 4.79 Å². The lowest BCUT2D eigenvalue weighted by atomic mass is 9.95. The van der Waals surface area contributed by atoms with Crippen molar-refractivity contribution in [1.29, 1.82) is 0 Å². The van der Waals surface area contributed by atoms with Crippen molar-refractivity contribution in [3.63, 3.8) is 0 Å². The maximum absolute atomic E-state index is 13.3. The molecule has 1 atom stereocenters. The molecule has 1 unspecified atom stereocenters. The number of halogens is 1. The standard InChI is InChI=1S/C24H23FN2O2/c1-16-14-19(25)11-12-22(16)26-23(28)18-8-5-13-27(15-18)24(29)21-10-4-7-17-6-2-3-9-20(17)21/h2-4,6-7,9-12,14,18H,5,8,13,15H2,1H3,(H,26,28). The summed E-state index contributed by atoms with van der Waals surface area (Å²) in [5, 5.41) is 4.84. The Kier molecular flexibility index (Phi) is 5.30. The third-order valence-corrected chi connectivity index (χ3v) is 5.55. The van der Waals surface area contributed by atoms with Crippen LogP contribution in [-0.4, -0.2) is 29.8 Å². The molecule has 29 heavy (non-hydrogen) atoms. The van der Waals surface area contributed by atoms with Crippen molar-refractivity contribution in [2.45, 2.75) is 19.8 Å². The third kappa shape index (κ3) is 3.99. The number of piperidine rings is 1. The summed E-state index contributed by atoms with van der Waals surface area (Å²) in [6.07, 6.45) is 1.50. The predicted molar refractivity (Wildman–Crippen MR) is 112 cm³/mol. The Morgan fingerprint density at radius 1 is 1.07 bits per heavy atom. The van der Waals surface area contributed by atoms with Gasteiger partial charge < -0.3 is 10.2 Å². The number of hydrogen-bond donors (Lipinski definition) is 1. The number of carbonyl (C=O) groups excluding carboxylic acids is 2. The summed E-state index contributed by atoms with van der Waals surface area (Å²) in [4.78, 5) is 27.7. The highest BCUT2D eigenvalue weighted by Crippen LogP contribution is 2.25. The van der Waals surface area contributed by atoms with Crippen molar-refractivity contribution in [3.05, 3.63) is 77.6 Å². The minimum atomic E-state index is -0.329. The first-order chi connectivity index (χ1) is 14.0. The first-order valence-corrected chi connectivity index (χ1v) is 9.87. The van der Waals surface area contributed by atoms with Crippen molar-refractivity contribution < 1.29 is 14.0 Å². The largest absolute Gasteiger partial charge is 0.338 e. The predicted octanol–water partition coefficient (Wildman–Crippen LogP) is 4.78. The topological polar surface area (TPSA) is 49.4 Å². The number of likely N-dealkylation sites (tertiary alicyclic amines) is 1. The van der Waals surface area contributed by atoms with E-state index in [1.165, 1.54) is 12.1 Å². The number of nitrogens with one attached hydrogen (secondary N) is 1. The molecule has 3 aromatic carbocycles. The smallest absolute Gasteiger partial charge is 0.254 e. The van der Waals surface area contributed by atoms with Crippen LogP contribution in [0.15, 0.2) is 60.7 Å². The normalized spacial score (nSPS) is 16.6. The number of carbonyl (C=O) groups is 2. The van der Waals surface area contributed by atoms with Crippen LogP contribution in [0.1, 0.15) is 28.8 Å². The van der Waals surface area contributed by atoms with E-state index in [2.05, 4.69) is 5.32 Å². The van der Waals surface area contributed by atoms with Crippen LogP contribution >= 0.6 is 0 Å². The minimum absolute atomic E-state index is 0.0442. The summed E-state index contributed by atoms with van der Waals surface area (Å²) < 4.78 is 13.3. The molecular formula is C24H23FN2O2. The van der Waals surface area contributed by atoms with E-state index in [0.29, 0.717) is 29.9 Å². The van der Waals surface area contributed by atoms with E-state index in [4.69, 9.17) is 0 Å². The van der Waals surface area contributed by atoms with Crippen LogP contribution in [0, 0.1) is 18.7 Å². The minimum Gasteiger partial charge on any atom is -0.338 e. The van der Waals surface area contributed by atoms with E-state index in [1.807, 2.05) is 42.5 Å². The Morgan fingerprint density at radius 2 is 1.86 bits per heavy atom. The third-order valence-electron chi connectivity index (χ3n) is 5.55. The first-order valence-electron chi connectivity index (χ1n) is 9.87. The van der Waals surface area contributed by atoms with Gasteiger partial charge in [0, 0.05) is 24.3 Å². The van der Waals surface area contributed by atoms with Crippen molar-refractivity contribution in [2.24, 2.45) is 5.92 Å². The Labute approximate surface area is 169 Å². The second kappa shape index (κ2) is 8.03. The quantitative estimate of drug-likeness (QED) is 0.700. The fourth-order valence-electron chi connectivity index (χ4n) is 3.96. The first kappa shape index (κ1) is 19.1. The maximum Gasteiger partial charge on any atom is 0.254 e. The molecule has 0 aromatic heterocycles. The molecule has 1 heterocycles. The molecule has 1 aliphatic heterocycles. The summed E-state index contributed by atoms with van der Waals surface area (Å²) in [5.74, 6) is -0.787. The molecule has 0 saturated carbocycles. The number of fused-ring (bicyclic) bond motifs is 1. The van der Waals surface area contributed by atoms with Crippen molar-refractivity contribution in [3.8, 4) is 0 Å².